The first-order valence-electron chi connectivity index (χ1n) is 10.7. The number of aromatic nitrogens is 1. The fourth-order valence-corrected chi connectivity index (χ4v) is 4.52. The van der Waals surface area contributed by atoms with Crippen molar-refractivity contribution < 1.29 is 19.4 Å². The lowest BCUT2D eigenvalue weighted by atomic mass is 10.1. The molecule has 3 aromatic rings. The van der Waals surface area contributed by atoms with Crippen LogP contribution in [0.3, 0.4) is 0 Å². The summed E-state index contributed by atoms with van der Waals surface area (Å²) in [5.74, 6) is 0.928. The molecule has 0 aliphatic heterocycles. The van der Waals surface area contributed by atoms with E-state index in [1.807, 2.05) is 30.3 Å². The van der Waals surface area contributed by atoms with Crippen molar-refractivity contribution >= 4 is 47.0 Å². The number of unbranched alkanes of at least 4 members (excludes halogenated alkanes) is 1. The first-order valence-corrected chi connectivity index (χ1v) is 12.4. The fraction of sp³-hybridized carbons (Fsp3) is 0.231. The number of pyridine rings is 1. The largest absolute Gasteiger partial charge is 0.497 e. The third kappa shape index (κ3) is 8.28. The van der Waals surface area contributed by atoms with E-state index in [2.05, 4.69) is 17.1 Å². The van der Waals surface area contributed by atoms with E-state index < -0.39 is 5.97 Å². The first-order chi connectivity index (χ1) is 16.4. The average molecular weight is 518 g/mol. The number of thioether (sulfide) groups is 1. The second-order valence-corrected chi connectivity index (χ2v) is 9.24. The minimum Gasteiger partial charge on any atom is -0.497 e. The molecule has 0 saturated carbocycles. The van der Waals surface area contributed by atoms with Gasteiger partial charge in [0.1, 0.15) is 17.2 Å². The number of rotatable bonds is 12. The van der Waals surface area contributed by atoms with Crippen LogP contribution in [0.4, 0.5) is 0 Å². The van der Waals surface area contributed by atoms with Crippen molar-refractivity contribution in [2.75, 3.05) is 13.7 Å². The van der Waals surface area contributed by atoms with Gasteiger partial charge in [-0.15, -0.1) is 11.8 Å². The van der Waals surface area contributed by atoms with Crippen LogP contribution in [-0.2, 0) is 17.0 Å². The van der Waals surface area contributed by atoms with E-state index in [1.165, 1.54) is 23.4 Å². The van der Waals surface area contributed by atoms with Crippen molar-refractivity contribution in [3.8, 4) is 11.5 Å². The van der Waals surface area contributed by atoms with E-state index in [-0.39, 0.29) is 0 Å². The number of hydrogen-bond acceptors (Lipinski definition) is 5. The number of hydrogen-bond donors (Lipinski definition) is 1. The molecule has 178 valence electrons. The summed E-state index contributed by atoms with van der Waals surface area (Å²) in [5, 5.41) is 10.2. The minimum atomic E-state index is -1.04. The van der Waals surface area contributed by atoms with E-state index in [1.54, 1.807) is 19.2 Å². The molecule has 0 fully saturated rings. The van der Waals surface area contributed by atoms with Crippen LogP contribution in [0.1, 0.15) is 29.8 Å². The summed E-state index contributed by atoms with van der Waals surface area (Å²) in [6.45, 7) is 0.514. The Morgan fingerprint density at radius 2 is 1.88 bits per heavy atom. The highest BCUT2D eigenvalue weighted by atomic mass is 35.5. The van der Waals surface area contributed by atoms with Gasteiger partial charge >= 0.3 is 5.97 Å². The first kappa shape index (κ1) is 25.9. The summed E-state index contributed by atoms with van der Waals surface area (Å²) in [7, 11) is 1.65. The Morgan fingerprint density at radius 3 is 2.59 bits per heavy atom. The molecule has 0 aliphatic carbocycles. The lowest BCUT2D eigenvalue weighted by Gasteiger charge is -2.11. The highest BCUT2D eigenvalue weighted by Crippen LogP contribution is 2.32. The number of aryl methyl sites for hydroxylation is 1. The smallest absolute Gasteiger partial charge is 0.328 e. The average Bonchev–Trinajstić information content (AvgIpc) is 2.83. The highest BCUT2D eigenvalue weighted by molar-refractivity contribution is 7.98. The Balaban J connectivity index is 1.57. The molecule has 0 saturated heterocycles. The molecule has 5 nitrogen and oxygen atoms in total. The Morgan fingerprint density at radius 1 is 1.09 bits per heavy atom. The third-order valence-corrected chi connectivity index (χ3v) is 6.64. The molecule has 3 rings (SSSR count). The third-order valence-electron chi connectivity index (χ3n) is 4.87. The maximum atomic E-state index is 11.0. The monoisotopic (exact) mass is 517 g/mol. The Kier molecular flexibility index (Phi) is 10.1. The Bertz CT molecular complexity index is 1140. The molecule has 1 N–H and O–H groups in total. The quantitative estimate of drug-likeness (QED) is 0.156. The molecule has 0 aliphatic rings. The number of ether oxygens (including phenoxy) is 2. The second-order valence-electron chi connectivity index (χ2n) is 7.37. The molecule has 8 heteroatoms. The molecule has 0 spiro atoms. The van der Waals surface area contributed by atoms with Crippen molar-refractivity contribution in [1.82, 2.24) is 4.98 Å². The van der Waals surface area contributed by atoms with Gasteiger partial charge < -0.3 is 14.6 Å². The van der Waals surface area contributed by atoms with Gasteiger partial charge in [-0.25, -0.2) is 9.78 Å². The van der Waals surface area contributed by atoms with Crippen LogP contribution in [0.5, 0.6) is 11.5 Å². The summed E-state index contributed by atoms with van der Waals surface area (Å²) >= 11 is 13.7. The number of halogens is 2. The molecule has 0 unspecified atom stereocenters. The van der Waals surface area contributed by atoms with Gasteiger partial charge in [0.05, 0.1) is 24.4 Å². The molecule has 0 atom stereocenters. The van der Waals surface area contributed by atoms with Crippen molar-refractivity contribution in [3.05, 3.63) is 87.7 Å². The van der Waals surface area contributed by atoms with E-state index in [0.717, 1.165) is 41.7 Å². The second kappa shape index (κ2) is 13.3. The van der Waals surface area contributed by atoms with Gasteiger partial charge in [-0.1, -0.05) is 35.3 Å². The molecule has 2 aromatic carbocycles. The van der Waals surface area contributed by atoms with Crippen molar-refractivity contribution in [2.45, 2.75) is 29.9 Å². The normalized spacial score (nSPS) is 11.0. The van der Waals surface area contributed by atoms with Crippen LogP contribution in [0.15, 0.2) is 65.6 Å². The summed E-state index contributed by atoms with van der Waals surface area (Å²) in [6, 6.07) is 17.1. The van der Waals surface area contributed by atoms with Crippen molar-refractivity contribution in [1.29, 1.82) is 0 Å². The van der Waals surface area contributed by atoms with Gasteiger partial charge in [0.25, 0.3) is 0 Å². The fourth-order valence-electron chi connectivity index (χ4n) is 3.13. The van der Waals surface area contributed by atoms with Gasteiger partial charge in [-0.05, 0) is 73.4 Å². The van der Waals surface area contributed by atoms with Crippen LogP contribution >= 0.6 is 35.0 Å². The molecule has 1 heterocycles. The number of nitrogens with zero attached hydrogens (tertiary/aromatic N) is 1. The van der Waals surface area contributed by atoms with Gasteiger partial charge in [0.2, 0.25) is 0 Å². The predicted molar refractivity (Wildman–Crippen MR) is 138 cm³/mol. The number of carboxylic acid groups (broad SMARTS) is 1. The van der Waals surface area contributed by atoms with Crippen LogP contribution in [0, 0.1) is 0 Å². The van der Waals surface area contributed by atoms with Crippen LogP contribution in [0.25, 0.3) is 6.08 Å². The number of methoxy groups -OCH3 is 1. The maximum absolute atomic E-state index is 11.0. The number of carbonyl (C=O) groups is 1. The molecule has 0 radical (unpaired) electrons. The molecule has 0 bridgehead atoms. The van der Waals surface area contributed by atoms with E-state index in [9.17, 15) is 4.79 Å². The van der Waals surface area contributed by atoms with Gasteiger partial charge in [-0.3, -0.25) is 0 Å². The molecular weight excluding hydrogens is 493 g/mol. The Labute approximate surface area is 213 Å². The van der Waals surface area contributed by atoms with Crippen molar-refractivity contribution in [2.24, 2.45) is 0 Å². The van der Waals surface area contributed by atoms with Crippen molar-refractivity contribution in [3.63, 3.8) is 0 Å². The number of carboxylic acids is 1. The van der Waals surface area contributed by atoms with Crippen LogP contribution in [0.2, 0.25) is 10.0 Å². The zero-order chi connectivity index (χ0) is 24.3. The Hall–Kier alpha value is -2.67. The van der Waals surface area contributed by atoms with Crippen LogP contribution < -0.4 is 9.47 Å². The zero-order valence-electron chi connectivity index (χ0n) is 18.7. The summed E-state index contributed by atoms with van der Waals surface area (Å²) in [5.41, 5.74) is 2.51. The lowest BCUT2D eigenvalue weighted by Crippen LogP contribution is -2.02. The standard InChI is InChI=1S/C26H25Cl2NO4S/c1-32-21-9-5-18(6-10-21)4-2-3-15-33-24-12-8-20(29-23(24)11-14-26(30)31)17-34-25-13-7-19(27)16-22(25)28/h5-14,16H,2-4,15,17H2,1H3,(H,30,31). The van der Waals surface area contributed by atoms with Gasteiger partial charge in [0.15, 0.2) is 0 Å². The molecular formula is C26H25Cl2NO4S. The maximum Gasteiger partial charge on any atom is 0.328 e. The predicted octanol–water partition coefficient (Wildman–Crippen LogP) is 7.19. The topological polar surface area (TPSA) is 68.7 Å². The number of aliphatic carboxylic acids is 1. The SMILES string of the molecule is COc1ccc(CCCCOc2ccc(CSc3ccc(Cl)cc3Cl)nc2C=CC(=O)O)cc1. The zero-order valence-corrected chi connectivity index (χ0v) is 21.0. The summed E-state index contributed by atoms with van der Waals surface area (Å²) in [4.78, 5) is 16.5. The van der Waals surface area contributed by atoms with E-state index >= 15 is 0 Å². The molecule has 34 heavy (non-hydrogen) atoms. The lowest BCUT2D eigenvalue weighted by molar-refractivity contribution is -0.131. The van der Waals surface area contributed by atoms with Crippen LogP contribution in [-0.4, -0.2) is 29.8 Å². The molecule has 0 amide bonds. The van der Waals surface area contributed by atoms with Gasteiger partial charge in [0, 0.05) is 21.7 Å². The van der Waals surface area contributed by atoms with E-state index in [4.69, 9.17) is 37.8 Å². The minimum absolute atomic E-state index is 0.484. The van der Waals surface area contributed by atoms with Gasteiger partial charge in [-0.2, -0.15) is 0 Å². The summed E-state index contributed by atoms with van der Waals surface area (Å²) < 4.78 is 11.1. The number of benzene rings is 2. The highest BCUT2D eigenvalue weighted by Gasteiger charge is 2.08. The summed E-state index contributed by atoms with van der Waals surface area (Å²) in [6.07, 6.45) is 5.29. The van der Waals surface area contributed by atoms with E-state index in [0.29, 0.717) is 33.8 Å². The molecule has 1 aromatic heterocycles.